The van der Waals surface area contributed by atoms with Gasteiger partial charge in [0.1, 0.15) is 0 Å². The Bertz CT molecular complexity index is 188. The van der Waals surface area contributed by atoms with Crippen molar-refractivity contribution in [2.75, 3.05) is 13.4 Å². The van der Waals surface area contributed by atoms with Gasteiger partial charge in [0, 0.05) is 6.61 Å². The number of hydrogen-bond donors (Lipinski definition) is 0. The van der Waals surface area contributed by atoms with Crippen LogP contribution in [0, 0.1) is 0 Å². The Morgan fingerprint density at radius 1 is 1.12 bits per heavy atom. The third kappa shape index (κ3) is 9.71. The highest BCUT2D eigenvalue weighted by atomic mass is 16.7. The van der Waals surface area contributed by atoms with Crippen LogP contribution in [-0.4, -0.2) is 19.7 Å². The van der Waals surface area contributed by atoms with E-state index < -0.39 is 0 Å². The van der Waals surface area contributed by atoms with Crippen LogP contribution in [-0.2, 0) is 14.3 Å². The van der Waals surface area contributed by atoms with Gasteiger partial charge in [-0.25, -0.2) is 0 Å². The van der Waals surface area contributed by atoms with Crippen LogP contribution in [0.5, 0.6) is 0 Å². The summed E-state index contributed by atoms with van der Waals surface area (Å²) in [5.74, 6) is 0.393. The van der Waals surface area contributed by atoms with Gasteiger partial charge >= 0.3 is 0 Å². The summed E-state index contributed by atoms with van der Waals surface area (Å²) >= 11 is 0. The van der Waals surface area contributed by atoms with Crippen LogP contribution < -0.4 is 0 Å². The maximum Gasteiger partial charge on any atom is 0.189 e. The predicted molar refractivity (Wildman–Crippen MR) is 65.1 cm³/mol. The standard InChI is InChI=1S/C13H24O3/c1-3-5-6-7-8-9-10-13(11-14)16-12-15-4-2/h10-11H,3-9,12H2,1-2H3/b13-10+. The first kappa shape index (κ1) is 15.2. The second kappa shape index (κ2) is 12.2. The van der Waals surface area contributed by atoms with Gasteiger partial charge in [0.05, 0.1) is 0 Å². The van der Waals surface area contributed by atoms with Gasteiger partial charge in [0.15, 0.2) is 18.8 Å². The summed E-state index contributed by atoms with van der Waals surface area (Å²) in [6.07, 6.45) is 9.67. The molecule has 3 nitrogen and oxygen atoms in total. The van der Waals surface area contributed by atoms with Gasteiger partial charge in [-0.1, -0.05) is 32.6 Å². The Morgan fingerprint density at radius 2 is 1.88 bits per heavy atom. The smallest absolute Gasteiger partial charge is 0.189 e. The van der Waals surface area contributed by atoms with Crippen molar-refractivity contribution in [1.82, 2.24) is 0 Å². The average molecular weight is 228 g/mol. The molecule has 94 valence electrons. The second-order valence-corrected chi connectivity index (χ2v) is 3.68. The maximum atomic E-state index is 10.6. The van der Waals surface area contributed by atoms with Gasteiger partial charge in [0.25, 0.3) is 0 Å². The lowest BCUT2D eigenvalue weighted by molar-refractivity contribution is -0.110. The molecule has 0 bridgehead atoms. The van der Waals surface area contributed by atoms with Gasteiger partial charge in [-0.2, -0.15) is 0 Å². The van der Waals surface area contributed by atoms with Crippen molar-refractivity contribution in [3.8, 4) is 0 Å². The van der Waals surface area contributed by atoms with E-state index in [1.54, 1.807) is 0 Å². The molecule has 0 radical (unpaired) electrons. The van der Waals surface area contributed by atoms with Crippen molar-refractivity contribution >= 4 is 6.29 Å². The molecule has 0 heterocycles. The molecule has 0 aromatic rings. The van der Waals surface area contributed by atoms with E-state index in [1.807, 2.05) is 13.0 Å². The number of hydrogen-bond acceptors (Lipinski definition) is 3. The number of carbonyl (C=O) groups is 1. The molecular formula is C13H24O3. The quantitative estimate of drug-likeness (QED) is 0.179. The number of ether oxygens (including phenoxy) is 2. The SMILES string of the molecule is CCCCCCC/C=C(\C=O)OCOCC. The summed E-state index contributed by atoms with van der Waals surface area (Å²) in [7, 11) is 0. The average Bonchev–Trinajstić information content (AvgIpc) is 2.31. The molecule has 0 aliphatic carbocycles. The molecule has 0 rings (SSSR count). The second-order valence-electron chi connectivity index (χ2n) is 3.68. The van der Waals surface area contributed by atoms with E-state index in [0.717, 1.165) is 19.1 Å². The van der Waals surface area contributed by atoms with E-state index in [0.29, 0.717) is 12.4 Å². The lowest BCUT2D eigenvalue weighted by Gasteiger charge is -2.04. The van der Waals surface area contributed by atoms with E-state index in [4.69, 9.17) is 9.47 Å². The summed E-state index contributed by atoms with van der Waals surface area (Å²) < 4.78 is 10.1. The highest BCUT2D eigenvalue weighted by Crippen LogP contribution is 2.07. The minimum absolute atomic E-state index is 0.164. The molecule has 0 amide bonds. The molecule has 0 aromatic carbocycles. The van der Waals surface area contributed by atoms with Crippen molar-refractivity contribution in [3.05, 3.63) is 11.8 Å². The largest absolute Gasteiger partial charge is 0.464 e. The van der Waals surface area contributed by atoms with E-state index in [2.05, 4.69) is 6.92 Å². The fourth-order valence-corrected chi connectivity index (χ4v) is 1.33. The normalized spacial score (nSPS) is 11.5. The third-order valence-electron chi connectivity index (χ3n) is 2.28. The molecule has 0 aliphatic rings. The molecule has 0 saturated heterocycles. The zero-order valence-electron chi connectivity index (χ0n) is 10.5. The Morgan fingerprint density at radius 3 is 2.50 bits per heavy atom. The van der Waals surface area contributed by atoms with Crippen LogP contribution in [0.4, 0.5) is 0 Å². The minimum atomic E-state index is 0.164. The number of carbonyl (C=O) groups excluding carboxylic acids is 1. The van der Waals surface area contributed by atoms with Gasteiger partial charge in [0.2, 0.25) is 0 Å². The molecule has 0 fully saturated rings. The number of unbranched alkanes of at least 4 members (excludes halogenated alkanes) is 5. The maximum absolute atomic E-state index is 10.6. The molecular weight excluding hydrogens is 204 g/mol. The number of aldehydes is 1. The minimum Gasteiger partial charge on any atom is -0.464 e. The summed E-state index contributed by atoms with van der Waals surface area (Å²) in [5, 5.41) is 0. The van der Waals surface area contributed by atoms with Crippen molar-refractivity contribution in [2.24, 2.45) is 0 Å². The highest BCUT2D eigenvalue weighted by Gasteiger charge is 1.95. The van der Waals surface area contributed by atoms with Gasteiger partial charge in [-0.3, -0.25) is 4.79 Å². The fraction of sp³-hybridized carbons (Fsp3) is 0.769. The van der Waals surface area contributed by atoms with Gasteiger partial charge in [-0.05, 0) is 25.8 Å². The summed E-state index contributed by atoms with van der Waals surface area (Å²) in [4.78, 5) is 10.6. The molecule has 0 aliphatic heterocycles. The molecule has 0 aromatic heterocycles. The van der Waals surface area contributed by atoms with Crippen LogP contribution in [0.3, 0.4) is 0 Å². The first-order valence-corrected chi connectivity index (χ1v) is 6.21. The van der Waals surface area contributed by atoms with Crippen LogP contribution >= 0.6 is 0 Å². The topological polar surface area (TPSA) is 35.5 Å². The number of allylic oxidation sites excluding steroid dienone is 2. The summed E-state index contributed by atoms with van der Waals surface area (Å²) in [6, 6.07) is 0. The molecule has 0 spiro atoms. The Hall–Kier alpha value is -0.830. The zero-order chi connectivity index (χ0) is 12.1. The fourth-order valence-electron chi connectivity index (χ4n) is 1.33. The molecule has 0 unspecified atom stereocenters. The van der Waals surface area contributed by atoms with Gasteiger partial charge < -0.3 is 9.47 Å². The van der Waals surface area contributed by atoms with Crippen LogP contribution in [0.1, 0.15) is 52.4 Å². The predicted octanol–water partition coefficient (Wildman–Crippen LogP) is 3.44. The zero-order valence-corrected chi connectivity index (χ0v) is 10.5. The molecule has 3 heteroatoms. The van der Waals surface area contributed by atoms with E-state index in [9.17, 15) is 4.79 Å². The van der Waals surface area contributed by atoms with Gasteiger partial charge in [-0.15, -0.1) is 0 Å². The summed E-state index contributed by atoms with van der Waals surface area (Å²) in [5.41, 5.74) is 0. The lowest BCUT2D eigenvalue weighted by Crippen LogP contribution is -2.00. The Labute approximate surface area is 98.8 Å². The van der Waals surface area contributed by atoms with Crippen molar-refractivity contribution in [2.45, 2.75) is 52.4 Å². The number of rotatable bonds is 11. The van der Waals surface area contributed by atoms with Crippen molar-refractivity contribution in [1.29, 1.82) is 0 Å². The van der Waals surface area contributed by atoms with E-state index in [-0.39, 0.29) is 6.79 Å². The van der Waals surface area contributed by atoms with E-state index >= 15 is 0 Å². The molecule has 0 saturated carbocycles. The molecule has 0 atom stereocenters. The first-order valence-electron chi connectivity index (χ1n) is 6.21. The Balaban J connectivity index is 3.51. The molecule has 16 heavy (non-hydrogen) atoms. The highest BCUT2D eigenvalue weighted by molar-refractivity contribution is 5.69. The van der Waals surface area contributed by atoms with E-state index in [1.165, 1.54) is 25.7 Å². The van der Waals surface area contributed by atoms with Crippen molar-refractivity contribution < 1.29 is 14.3 Å². The van der Waals surface area contributed by atoms with Crippen LogP contribution in [0.25, 0.3) is 0 Å². The third-order valence-corrected chi connectivity index (χ3v) is 2.28. The monoisotopic (exact) mass is 228 g/mol. The first-order chi connectivity index (χ1) is 7.85. The van der Waals surface area contributed by atoms with Crippen LogP contribution in [0.2, 0.25) is 0 Å². The molecule has 0 N–H and O–H groups in total. The lowest BCUT2D eigenvalue weighted by atomic mass is 10.1. The van der Waals surface area contributed by atoms with Crippen LogP contribution in [0.15, 0.2) is 11.8 Å². The Kier molecular flexibility index (Phi) is 11.6. The van der Waals surface area contributed by atoms with Crippen molar-refractivity contribution in [3.63, 3.8) is 0 Å². The summed E-state index contributed by atoms with van der Waals surface area (Å²) in [6.45, 7) is 4.85.